The molecule has 0 aromatic heterocycles. The lowest BCUT2D eigenvalue weighted by Crippen LogP contribution is -2.35. The molecule has 1 aromatic carbocycles. The van der Waals surface area contributed by atoms with Gasteiger partial charge in [0.05, 0.1) is 0 Å². The largest absolute Gasteiger partial charge is 0.458 e. The fourth-order valence-corrected chi connectivity index (χ4v) is 1.98. The van der Waals surface area contributed by atoms with E-state index in [1.165, 1.54) is 11.1 Å². The fourth-order valence-electron chi connectivity index (χ4n) is 1.98. The van der Waals surface area contributed by atoms with Crippen LogP contribution in [0.4, 0.5) is 5.69 Å². The predicted octanol–water partition coefficient (Wildman–Crippen LogP) is 2.67. The molecule has 2 rings (SSSR count). The molecule has 1 aliphatic rings. The molecule has 0 amide bonds. The van der Waals surface area contributed by atoms with Crippen LogP contribution in [0.5, 0.6) is 0 Å². The van der Waals surface area contributed by atoms with Crippen LogP contribution < -0.4 is 5.32 Å². The monoisotopic (exact) mass is 233 g/mol. The molecule has 1 N–H and O–H groups in total. The molecule has 0 radical (unpaired) electrons. The quantitative estimate of drug-likeness (QED) is 0.758. The first-order chi connectivity index (χ1) is 7.85. The summed E-state index contributed by atoms with van der Waals surface area (Å²) in [5.74, 6) is -0.175. The van der Waals surface area contributed by atoms with Crippen LogP contribution in [0.2, 0.25) is 0 Å². The maximum Gasteiger partial charge on any atom is 0.329 e. The third-order valence-corrected chi connectivity index (χ3v) is 2.71. The molecule has 0 saturated carbocycles. The number of ether oxygens (including phenoxy) is 1. The van der Waals surface area contributed by atoms with Gasteiger partial charge in [0.25, 0.3) is 0 Å². The number of anilines is 1. The van der Waals surface area contributed by atoms with Gasteiger partial charge in [0.2, 0.25) is 0 Å². The van der Waals surface area contributed by atoms with E-state index in [1.54, 1.807) is 0 Å². The fraction of sp³-hybridized carbons (Fsp3) is 0.500. The second-order valence-corrected chi connectivity index (χ2v) is 5.60. The zero-order valence-corrected chi connectivity index (χ0v) is 10.8. The van der Waals surface area contributed by atoms with Gasteiger partial charge in [0, 0.05) is 12.1 Å². The molecule has 1 atom stereocenters. The molecule has 92 valence electrons. The lowest BCUT2D eigenvalue weighted by molar-refractivity contribution is -0.155. The molecular formula is C14H19NO2. The van der Waals surface area contributed by atoms with Crippen molar-refractivity contribution < 1.29 is 9.53 Å². The van der Waals surface area contributed by atoms with E-state index in [2.05, 4.69) is 23.5 Å². The molecule has 17 heavy (non-hydrogen) atoms. The summed E-state index contributed by atoms with van der Waals surface area (Å²) in [5, 5.41) is 3.22. The van der Waals surface area contributed by atoms with Crippen LogP contribution in [-0.2, 0) is 16.0 Å². The van der Waals surface area contributed by atoms with E-state index in [9.17, 15) is 4.79 Å². The number of rotatable bonds is 1. The second-order valence-electron chi connectivity index (χ2n) is 5.60. The van der Waals surface area contributed by atoms with Gasteiger partial charge in [-0.05, 0) is 44.9 Å². The highest BCUT2D eigenvalue weighted by molar-refractivity contribution is 5.83. The topological polar surface area (TPSA) is 38.3 Å². The van der Waals surface area contributed by atoms with E-state index in [1.807, 2.05) is 27.7 Å². The van der Waals surface area contributed by atoms with Crippen molar-refractivity contribution >= 4 is 11.7 Å². The summed E-state index contributed by atoms with van der Waals surface area (Å²) < 4.78 is 5.38. The Morgan fingerprint density at radius 2 is 2.12 bits per heavy atom. The minimum atomic E-state index is -0.427. The van der Waals surface area contributed by atoms with E-state index < -0.39 is 5.60 Å². The van der Waals surface area contributed by atoms with Gasteiger partial charge in [0.15, 0.2) is 0 Å². The first-order valence-electron chi connectivity index (χ1n) is 5.94. The Hall–Kier alpha value is -1.51. The SMILES string of the molecule is Cc1ccc2c(c1)NC(C(=O)OC(C)(C)C)C2. The number of esters is 1. The molecule has 1 heterocycles. The van der Waals surface area contributed by atoms with Crippen molar-refractivity contribution in [1.82, 2.24) is 0 Å². The van der Waals surface area contributed by atoms with Crippen LogP contribution in [0.3, 0.4) is 0 Å². The lowest BCUT2D eigenvalue weighted by atomic mass is 10.1. The van der Waals surface area contributed by atoms with Crippen molar-refractivity contribution in [2.45, 2.75) is 45.8 Å². The highest BCUT2D eigenvalue weighted by Gasteiger charge is 2.30. The Balaban J connectivity index is 2.07. The molecule has 0 bridgehead atoms. The number of carbonyl (C=O) groups is 1. The van der Waals surface area contributed by atoms with Crippen molar-refractivity contribution in [2.75, 3.05) is 5.32 Å². The lowest BCUT2D eigenvalue weighted by Gasteiger charge is -2.22. The number of carbonyl (C=O) groups excluding carboxylic acids is 1. The summed E-state index contributed by atoms with van der Waals surface area (Å²) in [6.07, 6.45) is 0.713. The molecule has 3 heteroatoms. The number of benzene rings is 1. The number of aryl methyl sites for hydroxylation is 1. The average molecular weight is 233 g/mol. The first-order valence-corrected chi connectivity index (χ1v) is 5.94. The standard InChI is InChI=1S/C14H19NO2/c1-9-5-6-10-8-12(15-11(10)7-9)13(16)17-14(2,3)4/h5-7,12,15H,8H2,1-4H3. The summed E-state index contributed by atoms with van der Waals surface area (Å²) in [6.45, 7) is 7.70. The Morgan fingerprint density at radius 1 is 1.41 bits per heavy atom. The summed E-state index contributed by atoms with van der Waals surface area (Å²) in [6, 6.07) is 5.96. The van der Waals surface area contributed by atoms with E-state index >= 15 is 0 Å². The van der Waals surface area contributed by atoms with Crippen molar-refractivity contribution in [1.29, 1.82) is 0 Å². The summed E-state index contributed by atoms with van der Waals surface area (Å²) in [7, 11) is 0. The smallest absolute Gasteiger partial charge is 0.329 e. The van der Waals surface area contributed by atoms with Crippen LogP contribution >= 0.6 is 0 Å². The Labute approximate surface area is 102 Å². The molecule has 0 fully saturated rings. The minimum Gasteiger partial charge on any atom is -0.458 e. The van der Waals surface area contributed by atoms with Gasteiger partial charge in [-0.2, -0.15) is 0 Å². The van der Waals surface area contributed by atoms with Gasteiger partial charge in [-0.1, -0.05) is 12.1 Å². The summed E-state index contributed by atoms with van der Waals surface area (Å²) in [5.41, 5.74) is 3.01. The van der Waals surface area contributed by atoms with Gasteiger partial charge in [-0.15, -0.1) is 0 Å². The van der Waals surface area contributed by atoms with E-state index in [0.29, 0.717) is 6.42 Å². The molecule has 1 aliphatic heterocycles. The highest BCUT2D eigenvalue weighted by Crippen LogP contribution is 2.27. The first kappa shape index (κ1) is 12.0. The average Bonchev–Trinajstić information content (AvgIpc) is 2.57. The molecule has 0 spiro atoms. The minimum absolute atomic E-state index is 0.175. The third kappa shape index (κ3) is 2.78. The molecule has 3 nitrogen and oxygen atoms in total. The van der Waals surface area contributed by atoms with Crippen LogP contribution in [0, 0.1) is 6.92 Å². The van der Waals surface area contributed by atoms with Crippen molar-refractivity contribution in [2.24, 2.45) is 0 Å². The summed E-state index contributed by atoms with van der Waals surface area (Å²) in [4.78, 5) is 11.9. The van der Waals surface area contributed by atoms with Gasteiger partial charge >= 0.3 is 5.97 Å². The Kier molecular flexibility index (Phi) is 2.86. The molecule has 0 aliphatic carbocycles. The zero-order chi connectivity index (χ0) is 12.6. The molecule has 1 aromatic rings. The van der Waals surface area contributed by atoms with E-state index in [-0.39, 0.29) is 12.0 Å². The second kappa shape index (κ2) is 4.06. The van der Waals surface area contributed by atoms with Gasteiger partial charge in [-0.25, -0.2) is 4.79 Å². The Morgan fingerprint density at radius 3 is 2.76 bits per heavy atom. The van der Waals surface area contributed by atoms with E-state index in [0.717, 1.165) is 5.69 Å². The molecule has 1 unspecified atom stereocenters. The van der Waals surface area contributed by atoms with Gasteiger partial charge in [0.1, 0.15) is 11.6 Å². The maximum absolute atomic E-state index is 11.9. The normalized spacial score (nSPS) is 18.5. The number of hydrogen-bond donors (Lipinski definition) is 1. The van der Waals surface area contributed by atoms with Crippen LogP contribution in [0.1, 0.15) is 31.9 Å². The predicted molar refractivity (Wildman–Crippen MR) is 68.1 cm³/mol. The van der Waals surface area contributed by atoms with Crippen molar-refractivity contribution in [3.63, 3.8) is 0 Å². The molecule has 0 saturated heterocycles. The van der Waals surface area contributed by atoms with Crippen molar-refractivity contribution in [3.05, 3.63) is 29.3 Å². The van der Waals surface area contributed by atoms with Crippen molar-refractivity contribution in [3.8, 4) is 0 Å². The third-order valence-electron chi connectivity index (χ3n) is 2.71. The Bertz CT molecular complexity index is 446. The van der Waals surface area contributed by atoms with Gasteiger partial charge < -0.3 is 10.1 Å². The molecular weight excluding hydrogens is 214 g/mol. The summed E-state index contributed by atoms with van der Waals surface area (Å²) >= 11 is 0. The highest BCUT2D eigenvalue weighted by atomic mass is 16.6. The van der Waals surface area contributed by atoms with Crippen LogP contribution in [0.25, 0.3) is 0 Å². The van der Waals surface area contributed by atoms with Gasteiger partial charge in [-0.3, -0.25) is 0 Å². The zero-order valence-electron chi connectivity index (χ0n) is 10.8. The van der Waals surface area contributed by atoms with E-state index in [4.69, 9.17) is 4.74 Å². The van der Waals surface area contributed by atoms with Crippen LogP contribution in [0.15, 0.2) is 18.2 Å². The maximum atomic E-state index is 11.9. The number of hydrogen-bond acceptors (Lipinski definition) is 3. The number of nitrogens with one attached hydrogen (secondary N) is 1. The number of fused-ring (bicyclic) bond motifs is 1. The van der Waals surface area contributed by atoms with Crippen LogP contribution in [-0.4, -0.2) is 17.6 Å².